The van der Waals surface area contributed by atoms with Crippen molar-refractivity contribution in [1.82, 2.24) is 9.97 Å². The van der Waals surface area contributed by atoms with E-state index in [9.17, 15) is 19.8 Å². The number of hydrogen-bond donors (Lipinski definition) is 3. The number of aliphatic carboxylic acids is 1. The van der Waals surface area contributed by atoms with Gasteiger partial charge in [-0.25, -0.2) is 14.6 Å². The fourth-order valence-corrected chi connectivity index (χ4v) is 3.96. The van der Waals surface area contributed by atoms with Crippen LogP contribution in [-0.4, -0.2) is 32.1 Å². The standard InChI is InChI=1S/C23H24N2O4S/c1-2-3-5-15-10-17(22(26)27)8-7-16(15)13-21-24-14-19(25-21)11-18(23(28)29)12-20-6-4-9-30-20/h4,6-11,14H,2-3,5,12-13H2,1H3,(H,24,25)(H,26,27)(H,28,29)/b18-11+. The Hall–Kier alpha value is -3.19. The third kappa shape index (κ3) is 5.67. The van der Waals surface area contributed by atoms with Gasteiger partial charge in [0.15, 0.2) is 0 Å². The number of carbonyl (C=O) groups is 2. The van der Waals surface area contributed by atoms with E-state index in [0.29, 0.717) is 29.9 Å². The molecule has 0 atom stereocenters. The molecule has 3 rings (SSSR count). The highest BCUT2D eigenvalue weighted by molar-refractivity contribution is 7.09. The highest BCUT2D eigenvalue weighted by atomic mass is 32.1. The van der Waals surface area contributed by atoms with Crippen LogP contribution in [0.25, 0.3) is 6.08 Å². The van der Waals surface area contributed by atoms with Gasteiger partial charge < -0.3 is 15.2 Å². The number of carboxylic acids is 2. The molecule has 7 heteroatoms. The van der Waals surface area contributed by atoms with Crippen molar-refractivity contribution in [1.29, 1.82) is 0 Å². The molecule has 2 heterocycles. The van der Waals surface area contributed by atoms with E-state index >= 15 is 0 Å². The van der Waals surface area contributed by atoms with E-state index in [0.717, 1.165) is 35.3 Å². The second kappa shape index (κ2) is 10.0. The third-order valence-electron chi connectivity index (χ3n) is 4.81. The number of aromatic nitrogens is 2. The molecule has 1 aromatic carbocycles. The monoisotopic (exact) mass is 424 g/mol. The van der Waals surface area contributed by atoms with Gasteiger partial charge in [0.25, 0.3) is 0 Å². The molecule has 0 aliphatic rings. The first-order valence-corrected chi connectivity index (χ1v) is 10.7. The highest BCUT2D eigenvalue weighted by Gasteiger charge is 2.13. The summed E-state index contributed by atoms with van der Waals surface area (Å²) in [6, 6.07) is 9.00. The average molecular weight is 425 g/mol. The van der Waals surface area contributed by atoms with Crippen LogP contribution in [0.1, 0.15) is 57.6 Å². The number of aryl methyl sites for hydroxylation is 1. The van der Waals surface area contributed by atoms with Gasteiger partial charge in [-0.1, -0.05) is 25.5 Å². The molecule has 6 nitrogen and oxygen atoms in total. The van der Waals surface area contributed by atoms with Crippen LogP contribution in [-0.2, 0) is 24.1 Å². The van der Waals surface area contributed by atoms with Gasteiger partial charge in [0.2, 0.25) is 0 Å². The van der Waals surface area contributed by atoms with Crippen LogP contribution >= 0.6 is 11.3 Å². The molecule has 0 saturated heterocycles. The molecule has 3 N–H and O–H groups in total. The predicted molar refractivity (Wildman–Crippen MR) is 117 cm³/mol. The van der Waals surface area contributed by atoms with E-state index in [1.165, 1.54) is 11.3 Å². The topological polar surface area (TPSA) is 103 Å². The molecule has 0 aliphatic heterocycles. The van der Waals surface area contributed by atoms with Crippen molar-refractivity contribution in [2.45, 2.75) is 39.0 Å². The Balaban J connectivity index is 1.80. The van der Waals surface area contributed by atoms with Gasteiger partial charge in [-0.2, -0.15) is 0 Å². The van der Waals surface area contributed by atoms with Crippen molar-refractivity contribution >= 4 is 29.4 Å². The van der Waals surface area contributed by atoms with Crippen molar-refractivity contribution in [3.8, 4) is 0 Å². The van der Waals surface area contributed by atoms with E-state index in [-0.39, 0.29) is 5.56 Å². The lowest BCUT2D eigenvalue weighted by Crippen LogP contribution is -2.03. The fourth-order valence-electron chi connectivity index (χ4n) is 3.23. The molecule has 2 aromatic heterocycles. The van der Waals surface area contributed by atoms with Crippen molar-refractivity contribution in [2.24, 2.45) is 0 Å². The van der Waals surface area contributed by atoms with Gasteiger partial charge in [-0.05, 0) is 53.6 Å². The molecular formula is C23H24N2O4S. The Labute approximate surface area is 178 Å². The summed E-state index contributed by atoms with van der Waals surface area (Å²) >= 11 is 1.53. The number of rotatable bonds is 10. The SMILES string of the molecule is CCCCc1cc(C(=O)O)ccc1Cc1ncc(/C=C(\Cc2cccs2)C(=O)O)[nH]1. The molecule has 3 aromatic rings. The van der Waals surface area contributed by atoms with Crippen LogP contribution in [0.2, 0.25) is 0 Å². The normalized spacial score (nSPS) is 11.6. The number of aromatic amines is 1. The number of benzene rings is 1. The van der Waals surface area contributed by atoms with Gasteiger partial charge in [-0.3, -0.25) is 0 Å². The minimum Gasteiger partial charge on any atom is -0.478 e. The number of H-pyrrole nitrogens is 1. The maximum Gasteiger partial charge on any atom is 0.335 e. The predicted octanol–water partition coefficient (Wildman–Crippen LogP) is 4.81. The van der Waals surface area contributed by atoms with E-state index in [1.807, 2.05) is 23.6 Å². The molecule has 0 unspecified atom stereocenters. The van der Waals surface area contributed by atoms with E-state index in [1.54, 1.807) is 24.4 Å². The maximum atomic E-state index is 11.6. The van der Waals surface area contributed by atoms with E-state index < -0.39 is 11.9 Å². The molecule has 0 saturated carbocycles. The summed E-state index contributed by atoms with van der Waals surface area (Å²) in [5, 5.41) is 20.7. The minimum atomic E-state index is -0.953. The summed E-state index contributed by atoms with van der Waals surface area (Å²) in [5.74, 6) is -1.18. The molecule has 0 bridgehead atoms. The smallest absolute Gasteiger partial charge is 0.335 e. The zero-order chi connectivity index (χ0) is 21.5. The maximum absolute atomic E-state index is 11.6. The Morgan fingerprint density at radius 2 is 2.03 bits per heavy atom. The molecule has 0 aliphatic carbocycles. The number of thiophene rings is 1. The second-order valence-corrected chi connectivity index (χ2v) is 8.12. The summed E-state index contributed by atoms with van der Waals surface area (Å²) < 4.78 is 0. The molecule has 0 spiro atoms. The summed E-state index contributed by atoms with van der Waals surface area (Å²) in [7, 11) is 0. The zero-order valence-electron chi connectivity index (χ0n) is 16.7. The Morgan fingerprint density at radius 1 is 1.20 bits per heavy atom. The number of aromatic carboxylic acids is 1. The van der Waals surface area contributed by atoms with Crippen LogP contribution < -0.4 is 0 Å². The van der Waals surface area contributed by atoms with Crippen molar-refractivity contribution in [3.63, 3.8) is 0 Å². The van der Waals surface area contributed by atoms with Crippen LogP contribution in [0.5, 0.6) is 0 Å². The molecule has 0 amide bonds. The lowest BCUT2D eigenvalue weighted by Gasteiger charge is -2.09. The largest absolute Gasteiger partial charge is 0.478 e. The second-order valence-electron chi connectivity index (χ2n) is 7.09. The molecule has 156 valence electrons. The quantitative estimate of drug-likeness (QED) is 0.405. The summed E-state index contributed by atoms with van der Waals surface area (Å²) in [5.41, 5.74) is 3.25. The van der Waals surface area contributed by atoms with E-state index in [2.05, 4.69) is 16.9 Å². The number of nitrogens with zero attached hydrogens (tertiary/aromatic N) is 1. The molecule has 30 heavy (non-hydrogen) atoms. The minimum absolute atomic E-state index is 0.285. The molecule has 0 radical (unpaired) electrons. The Kier molecular flexibility index (Phi) is 7.19. The lowest BCUT2D eigenvalue weighted by molar-refractivity contribution is -0.132. The van der Waals surface area contributed by atoms with E-state index in [4.69, 9.17) is 0 Å². The number of nitrogens with one attached hydrogen (secondary N) is 1. The van der Waals surface area contributed by atoms with Crippen molar-refractivity contribution in [3.05, 3.63) is 80.6 Å². The van der Waals surface area contributed by atoms with Crippen LogP contribution in [0, 0.1) is 0 Å². The van der Waals surface area contributed by atoms with Gasteiger partial charge in [-0.15, -0.1) is 11.3 Å². The van der Waals surface area contributed by atoms with Crippen LogP contribution in [0.15, 0.2) is 47.5 Å². The Bertz CT molecular complexity index is 1050. The number of imidazole rings is 1. The average Bonchev–Trinajstić information content (AvgIpc) is 3.38. The van der Waals surface area contributed by atoms with Crippen LogP contribution in [0.3, 0.4) is 0 Å². The fraction of sp³-hybridized carbons (Fsp3) is 0.261. The zero-order valence-corrected chi connectivity index (χ0v) is 17.5. The van der Waals surface area contributed by atoms with Crippen molar-refractivity contribution < 1.29 is 19.8 Å². The van der Waals surface area contributed by atoms with Gasteiger partial charge in [0, 0.05) is 23.3 Å². The van der Waals surface area contributed by atoms with Crippen LogP contribution in [0.4, 0.5) is 0 Å². The first-order chi connectivity index (χ1) is 14.5. The number of carboxylic acid groups (broad SMARTS) is 2. The number of unbranched alkanes of at least 4 members (excludes halogenated alkanes) is 1. The lowest BCUT2D eigenvalue weighted by atomic mass is 9.97. The Morgan fingerprint density at radius 3 is 2.70 bits per heavy atom. The first-order valence-electron chi connectivity index (χ1n) is 9.81. The number of hydrogen-bond acceptors (Lipinski definition) is 4. The van der Waals surface area contributed by atoms with Gasteiger partial charge >= 0.3 is 11.9 Å². The molecule has 0 fully saturated rings. The first kappa shape index (κ1) is 21.5. The summed E-state index contributed by atoms with van der Waals surface area (Å²) in [6.45, 7) is 2.10. The van der Waals surface area contributed by atoms with Crippen molar-refractivity contribution in [2.75, 3.05) is 0 Å². The highest BCUT2D eigenvalue weighted by Crippen LogP contribution is 2.20. The van der Waals surface area contributed by atoms with Gasteiger partial charge in [0.1, 0.15) is 5.82 Å². The third-order valence-corrected chi connectivity index (χ3v) is 5.68. The summed E-state index contributed by atoms with van der Waals surface area (Å²) in [6.07, 6.45) is 6.94. The van der Waals surface area contributed by atoms with Gasteiger partial charge in [0.05, 0.1) is 17.5 Å². The summed E-state index contributed by atoms with van der Waals surface area (Å²) in [4.78, 5) is 31.5. The molecular weight excluding hydrogens is 400 g/mol.